The number of halogens is 3. The number of hydrogen-bond acceptors (Lipinski definition) is 7. The molecule has 1 fully saturated rings. The Bertz CT molecular complexity index is 1140. The number of thiazole rings is 1. The number of carbonyl (C=O) groups excluding carboxylic acids is 1. The third-order valence-electron chi connectivity index (χ3n) is 5.27. The summed E-state index contributed by atoms with van der Waals surface area (Å²) in [5, 5.41) is 7.22. The summed E-state index contributed by atoms with van der Waals surface area (Å²) in [7, 11) is 1.70. The van der Waals surface area contributed by atoms with Crippen molar-refractivity contribution in [2.24, 2.45) is 12.8 Å². The van der Waals surface area contributed by atoms with Crippen LogP contribution in [0.5, 0.6) is 0 Å². The number of hydrogen-bond donors (Lipinski definition) is 3. The van der Waals surface area contributed by atoms with Crippen LogP contribution >= 0.6 is 22.9 Å². The van der Waals surface area contributed by atoms with Gasteiger partial charge in [0.05, 0.1) is 29.2 Å². The topological polar surface area (TPSA) is 121 Å². The van der Waals surface area contributed by atoms with Gasteiger partial charge in [0.2, 0.25) is 0 Å². The van der Waals surface area contributed by atoms with Gasteiger partial charge in [0, 0.05) is 18.7 Å². The van der Waals surface area contributed by atoms with Gasteiger partial charge in [-0.3, -0.25) is 9.48 Å². The summed E-state index contributed by atoms with van der Waals surface area (Å²) in [6.45, 7) is -0.141. The van der Waals surface area contributed by atoms with Crippen molar-refractivity contribution in [2.75, 3.05) is 17.7 Å². The molecule has 12 heteroatoms. The monoisotopic (exact) mass is 482 g/mol. The first-order valence-electron chi connectivity index (χ1n) is 9.81. The Hall–Kier alpha value is -2.60. The van der Waals surface area contributed by atoms with E-state index in [0.717, 1.165) is 11.3 Å². The molecule has 32 heavy (non-hydrogen) atoms. The fourth-order valence-electron chi connectivity index (χ4n) is 3.54. The molecule has 1 amide bonds. The number of anilines is 2. The highest BCUT2D eigenvalue weighted by Crippen LogP contribution is 2.35. The molecule has 0 radical (unpaired) electrons. The molecule has 2 aromatic heterocycles. The molecule has 3 aromatic rings. The maximum absolute atomic E-state index is 14.4. The van der Waals surface area contributed by atoms with Crippen molar-refractivity contribution in [1.29, 1.82) is 0 Å². The minimum atomic E-state index is -1.26. The van der Waals surface area contributed by atoms with Gasteiger partial charge in [-0.05, 0) is 25.0 Å². The van der Waals surface area contributed by atoms with E-state index >= 15 is 0 Å². The third-order valence-corrected chi connectivity index (χ3v) is 6.48. The Morgan fingerprint density at radius 2 is 2.19 bits per heavy atom. The zero-order valence-electron chi connectivity index (χ0n) is 17.0. The maximum atomic E-state index is 14.4. The Morgan fingerprint density at radius 1 is 1.41 bits per heavy atom. The van der Waals surface area contributed by atoms with E-state index in [9.17, 15) is 13.6 Å². The van der Waals surface area contributed by atoms with Crippen LogP contribution in [-0.4, -0.2) is 39.5 Å². The summed E-state index contributed by atoms with van der Waals surface area (Å²) in [4.78, 5) is 17.1. The minimum absolute atomic E-state index is 0.0493. The molecule has 3 atom stereocenters. The fourth-order valence-corrected chi connectivity index (χ4v) is 4.56. The van der Waals surface area contributed by atoms with Gasteiger partial charge in [-0.2, -0.15) is 5.10 Å². The van der Waals surface area contributed by atoms with E-state index in [-0.39, 0.29) is 32.9 Å². The molecule has 4 rings (SSSR count). The van der Waals surface area contributed by atoms with Gasteiger partial charge in [0.25, 0.3) is 5.91 Å². The van der Waals surface area contributed by atoms with Gasteiger partial charge in [-0.1, -0.05) is 29.0 Å². The highest BCUT2D eigenvalue weighted by Gasteiger charge is 2.30. The second-order valence-corrected chi connectivity index (χ2v) is 8.87. The number of carbonyl (C=O) groups is 1. The highest BCUT2D eigenvalue weighted by molar-refractivity contribution is 7.19. The number of aryl methyl sites for hydroxylation is 1. The molecule has 0 spiro atoms. The molecule has 0 aliphatic carbocycles. The number of alkyl halides is 1. The Labute approximate surface area is 191 Å². The average Bonchev–Trinajstić information content (AvgIpc) is 3.27. The van der Waals surface area contributed by atoms with Gasteiger partial charge < -0.3 is 21.5 Å². The van der Waals surface area contributed by atoms with E-state index < -0.39 is 30.0 Å². The maximum Gasteiger partial charge on any atom is 0.277 e. The molecule has 0 saturated carbocycles. The first kappa shape index (κ1) is 22.6. The molecular formula is C20H21ClF2N6O2S. The molecule has 170 valence electrons. The molecule has 3 heterocycles. The minimum Gasteiger partial charge on any atom is -0.389 e. The van der Waals surface area contributed by atoms with Crippen LogP contribution in [0.3, 0.4) is 0 Å². The normalized spacial score (nSPS) is 21.3. The largest absolute Gasteiger partial charge is 0.389 e. The van der Waals surface area contributed by atoms with Crippen LogP contribution in [0.25, 0.3) is 10.6 Å². The summed E-state index contributed by atoms with van der Waals surface area (Å²) in [6, 6.07) is 3.90. The molecule has 1 aliphatic rings. The van der Waals surface area contributed by atoms with Crippen LogP contribution in [0.2, 0.25) is 5.02 Å². The molecule has 1 saturated heterocycles. The number of nitrogens with one attached hydrogen (secondary N) is 1. The van der Waals surface area contributed by atoms with E-state index in [1.807, 2.05) is 0 Å². The van der Waals surface area contributed by atoms with E-state index in [1.54, 1.807) is 17.8 Å². The Morgan fingerprint density at radius 3 is 2.97 bits per heavy atom. The van der Waals surface area contributed by atoms with Crippen molar-refractivity contribution < 1.29 is 18.3 Å². The average molecular weight is 483 g/mol. The zero-order valence-corrected chi connectivity index (χ0v) is 18.6. The van der Waals surface area contributed by atoms with Gasteiger partial charge >= 0.3 is 0 Å². The first-order valence-corrected chi connectivity index (χ1v) is 11.0. The zero-order chi connectivity index (χ0) is 23.0. The number of benzene rings is 1. The molecular weight excluding hydrogens is 462 g/mol. The van der Waals surface area contributed by atoms with Crippen molar-refractivity contribution in [2.45, 2.75) is 31.2 Å². The highest BCUT2D eigenvalue weighted by atomic mass is 35.5. The molecule has 0 bridgehead atoms. The Kier molecular flexibility index (Phi) is 6.42. The smallest absolute Gasteiger partial charge is 0.277 e. The molecule has 8 nitrogen and oxygen atoms in total. The SMILES string of the molecule is Cn1ncc(NC(=O)c2nc(-c3cccc(Cl)c3F)sc2N)c1[C@@H]1CC[C@@H](N)[C@H](F)CO1. The number of nitrogens with two attached hydrogens (primary N) is 2. The number of nitrogens with zero attached hydrogens (tertiary/aromatic N) is 3. The van der Waals surface area contributed by atoms with Crippen molar-refractivity contribution in [3.63, 3.8) is 0 Å². The first-order chi connectivity index (χ1) is 15.3. The fraction of sp³-hybridized carbons (Fsp3) is 0.350. The van der Waals surface area contributed by atoms with Crippen molar-refractivity contribution >= 4 is 39.5 Å². The molecule has 1 aromatic carbocycles. The molecule has 1 aliphatic heterocycles. The number of nitrogen functional groups attached to an aromatic ring is 1. The summed E-state index contributed by atoms with van der Waals surface area (Å²) < 4.78 is 35.5. The second-order valence-electron chi connectivity index (χ2n) is 7.43. The van der Waals surface area contributed by atoms with Crippen LogP contribution in [0, 0.1) is 5.82 Å². The van der Waals surface area contributed by atoms with Crippen LogP contribution < -0.4 is 16.8 Å². The van der Waals surface area contributed by atoms with Crippen LogP contribution in [-0.2, 0) is 11.8 Å². The van der Waals surface area contributed by atoms with Gasteiger partial charge in [-0.15, -0.1) is 0 Å². The van der Waals surface area contributed by atoms with Crippen LogP contribution in [0.15, 0.2) is 24.4 Å². The van der Waals surface area contributed by atoms with Crippen molar-refractivity contribution in [3.8, 4) is 10.6 Å². The van der Waals surface area contributed by atoms with E-state index in [2.05, 4.69) is 15.4 Å². The lowest BCUT2D eigenvalue weighted by Gasteiger charge is -2.17. The molecule has 0 unspecified atom stereocenters. The van der Waals surface area contributed by atoms with Gasteiger partial charge in [0.1, 0.15) is 22.3 Å². The van der Waals surface area contributed by atoms with Crippen LogP contribution in [0.4, 0.5) is 19.5 Å². The number of rotatable bonds is 4. The number of aromatic nitrogens is 3. The van der Waals surface area contributed by atoms with E-state index in [0.29, 0.717) is 24.2 Å². The lowest BCUT2D eigenvalue weighted by Crippen LogP contribution is -2.32. The van der Waals surface area contributed by atoms with Crippen molar-refractivity contribution in [1.82, 2.24) is 14.8 Å². The summed E-state index contributed by atoms with van der Waals surface area (Å²) in [6.07, 6.45) is 0.618. The van der Waals surface area contributed by atoms with Crippen LogP contribution in [0.1, 0.15) is 35.1 Å². The third kappa shape index (κ3) is 4.33. The lowest BCUT2D eigenvalue weighted by molar-refractivity contribution is 0.0247. The summed E-state index contributed by atoms with van der Waals surface area (Å²) in [5.41, 5.74) is 12.9. The predicted octanol–water partition coefficient (Wildman–Crippen LogP) is 3.69. The van der Waals surface area contributed by atoms with E-state index in [4.69, 9.17) is 27.8 Å². The predicted molar refractivity (Wildman–Crippen MR) is 119 cm³/mol. The summed E-state index contributed by atoms with van der Waals surface area (Å²) in [5.74, 6) is -1.23. The van der Waals surface area contributed by atoms with E-state index in [1.165, 1.54) is 18.3 Å². The standard InChI is InChI=1S/C20H21ClF2N6O2S/c1-29-17(14-6-5-12(24)11(22)8-31-14)13(7-26-29)27-19(30)16-18(25)32-20(28-16)9-3-2-4-10(21)15(9)23/h2-4,7,11-12,14H,5-6,8,24-25H2,1H3,(H,27,30)/t11-,12-,14+/m1/s1. The van der Waals surface area contributed by atoms with Gasteiger partial charge in [-0.25, -0.2) is 13.8 Å². The molecule has 5 N–H and O–H groups in total. The van der Waals surface area contributed by atoms with Crippen molar-refractivity contribution in [3.05, 3.63) is 46.6 Å². The number of amides is 1. The summed E-state index contributed by atoms with van der Waals surface area (Å²) >= 11 is 6.82. The quantitative estimate of drug-likeness (QED) is 0.521. The second kappa shape index (κ2) is 9.10. The lowest BCUT2D eigenvalue weighted by atomic mass is 10.0. The van der Waals surface area contributed by atoms with Gasteiger partial charge in [0.15, 0.2) is 11.5 Å². The number of ether oxygens (including phenoxy) is 1. The Balaban J connectivity index is 1.58.